The molecule has 1 aliphatic rings. The molecule has 1 amide bonds. The molecule has 0 N–H and O–H groups in total. The number of sulfone groups is 1. The number of rotatable bonds is 4. The van der Waals surface area contributed by atoms with Crippen molar-refractivity contribution in [2.24, 2.45) is 0 Å². The van der Waals surface area contributed by atoms with Crippen LogP contribution in [0.2, 0.25) is 0 Å². The standard InChI is InChI=1S/C18H23NO4S/c1-3-13-8-6-7-11-19(13)18(20)17-15(12-24(2,21)22)14-9-4-5-10-16(14)23-17/h4-5,9-10,13H,3,6-8,11-12H2,1-2H3/t13-/m0/s1. The largest absolute Gasteiger partial charge is 0.451 e. The Kier molecular flexibility index (Phi) is 4.67. The van der Waals surface area contributed by atoms with Crippen molar-refractivity contribution in [3.8, 4) is 0 Å². The number of piperidine rings is 1. The van der Waals surface area contributed by atoms with Crippen LogP contribution in [0.25, 0.3) is 11.0 Å². The van der Waals surface area contributed by atoms with Gasteiger partial charge in [0.2, 0.25) is 0 Å². The fourth-order valence-corrected chi connectivity index (χ4v) is 4.31. The van der Waals surface area contributed by atoms with E-state index in [1.54, 1.807) is 6.07 Å². The van der Waals surface area contributed by atoms with Crippen molar-refractivity contribution in [3.05, 3.63) is 35.6 Å². The highest BCUT2D eigenvalue weighted by molar-refractivity contribution is 7.89. The van der Waals surface area contributed by atoms with Crippen molar-refractivity contribution in [1.29, 1.82) is 0 Å². The van der Waals surface area contributed by atoms with Crippen molar-refractivity contribution in [2.75, 3.05) is 12.8 Å². The number of fused-ring (bicyclic) bond motifs is 1. The average Bonchev–Trinajstić information content (AvgIpc) is 2.91. The van der Waals surface area contributed by atoms with Crippen LogP contribution in [0.5, 0.6) is 0 Å². The molecule has 1 aliphatic heterocycles. The second kappa shape index (κ2) is 6.59. The molecule has 1 aromatic carbocycles. The molecule has 1 aromatic heterocycles. The van der Waals surface area contributed by atoms with E-state index in [-0.39, 0.29) is 23.5 Å². The molecule has 5 nitrogen and oxygen atoms in total. The molecule has 0 spiro atoms. The van der Waals surface area contributed by atoms with Gasteiger partial charge in [0.25, 0.3) is 5.91 Å². The summed E-state index contributed by atoms with van der Waals surface area (Å²) in [5.74, 6) is -0.186. The lowest BCUT2D eigenvalue weighted by Gasteiger charge is -2.34. The van der Waals surface area contributed by atoms with E-state index in [1.165, 1.54) is 6.26 Å². The minimum absolute atomic E-state index is 0.182. The predicted molar refractivity (Wildman–Crippen MR) is 93.7 cm³/mol. The Labute approximate surface area is 142 Å². The number of carbonyl (C=O) groups excluding carboxylic acids is 1. The van der Waals surface area contributed by atoms with Crippen molar-refractivity contribution in [1.82, 2.24) is 4.90 Å². The molecule has 130 valence electrons. The number of hydrogen-bond acceptors (Lipinski definition) is 4. The van der Waals surface area contributed by atoms with Gasteiger partial charge in [-0.05, 0) is 31.7 Å². The van der Waals surface area contributed by atoms with Crippen LogP contribution in [0.15, 0.2) is 28.7 Å². The first-order chi connectivity index (χ1) is 11.4. The molecule has 0 aliphatic carbocycles. The molecule has 0 unspecified atom stereocenters. The van der Waals surface area contributed by atoms with Crippen molar-refractivity contribution >= 4 is 26.7 Å². The summed E-state index contributed by atoms with van der Waals surface area (Å²) in [5.41, 5.74) is 1.04. The van der Waals surface area contributed by atoms with Gasteiger partial charge in [0, 0.05) is 29.8 Å². The Bertz CT molecular complexity index is 853. The van der Waals surface area contributed by atoms with Crippen LogP contribution in [0.1, 0.15) is 48.7 Å². The third kappa shape index (κ3) is 3.34. The first kappa shape index (κ1) is 17.0. The fraction of sp³-hybridized carbons (Fsp3) is 0.500. The van der Waals surface area contributed by atoms with E-state index in [0.29, 0.717) is 23.1 Å². The maximum absolute atomic E-state index is 13.1. The van der Waals surface area contributed by atoms with E-state index in [4.69, 9.17) is 4.42 Å². The quantitative estimate of drug-likeness (QED) is 0.848. The molecule has 6 heteroatoms. The molecule has 0 bridgehead atoms. The Morgan fingerprint density at radius 2 is 2.04 bits per heavy atom. The first-order valence-electron chi connectivity index (χ1n) is 8.40. The summed E-state index contributed by atoms with van der Waals surface area (Å²) < 4.78 is 29.5. The molecule has 24 heavy (non-hydrogen) atoms. The lowest BCUT2D eigenvalue weighted by Crippen LogP contribution is -2.43. The molecule has 2 heterocycles. The second-order valence-electron chi connectivity index (χ2n) is 6.53. The monoisotopic (exact) mass is 349 g/mol. The van der Waals surface area contributed by atoms with Gasteiger partial charge in [-0.15, -0.1) is 0 Å². The second-order valence-corrected chi connectivity index (χ2v) is 8.67. The summed E-state index contributed by atoms with van der Waals surface area (Å²) in [4.78, 5) is 14.9. The minimum Gasteiger partial charge on any atom is -0.451 e. The molecule has 2 aromatic rings. The molecule has 0 radical (unpaired) electrons. The maximum Gasteiger partial charge on any atom is 0.290 e. The summed E-state index contributed by atoms with van der Waals surface area (Å²) in [7, 11) is -3.28. The number of nitrogens with zero attached hydrogens (tertiary/aromatic N) is 1. The molecule has 1 atom stereocenters. The number of benzene rings is 1. The maximum atomic E-state index is 13.1. The topological polar surface area (TPSA) is 67.6 Å². The summed E-state index contributed by atoms with van der Waals surface area (Å²) >= 11 is 0. The Balaban J connectivity index is 2.07. The van der Waals surface area contributed by atoms with Crippen LogP contribution in [0.3, 0.4) is 0 Å². The molecular formula is C18H23NO4S. The van der Waals surface area contributed by atoms with Crippen molar-refractivity contribution in [2.45, 2.75) is 44.4 Å². The summed E-state index contributed by atoms with van der Waals surface area (Å²) in [6.45, 7) is 2.78. The molecule has 1 saturated heterocycles. The summed E-state index contributed by atoms with van der Waals surface area (Å²) in [5, 5.41) is 0.705. The van der Waals surface area contributed by atoms with E-state index in [0.717, 1.165) is 25.7 Å². The van der Waals surface area contributed by atoms with Crippen LogP contribution >= 0.6 is 0 Å². The predicted octanol–water partition coefficient (Wildman–Crippen LogP) is 3.38. The van der Waals surface area contributed by atoms with Crippen LogP contribution in [0.4, 0.5) is 0 Å². The van der Waals surface area contributed by atoms with Gasteiger partial charge < -0.3 is 9.32 Å². The van der Waals surface area contributed by atoms with Gasteiger partial charge >= 0.3 is 0 Å². The van der Waals surface area contributed by atoms with Gasteiger partial charge in [0.1, 0.15) is 5.58 Å². The number of likely N-dealkylation sites (tertiary alicyclic amines) is 1. The Hall–Kier alpha value is -1.82. The molecular weight excluding hydrogens is 326 g/mol. The summed E-state index contributed by atoms with van der Waals surface area (Å²) in [6, 6.07) is 7.42. The molecule has 0 saturated carbocycles. The van der Waals surface area contributed by atoms with Gasteiger partial charge in [0.15, 0.2) is 15.6 Å². The number of furan rings is 1. The van der Waals surface area contributed by atoms with Gasteiger partial charge in [-0.25, -0.2) is 8.42 Å². The molecule has 1 fully saturated rings. The lowest BCUT2D eigenvalue weighted by molar-refractivity contribution is 0.0577. The van der Waals surface area contributed by atoms with E-state index >= 15 is 0 Å². The van der Waals surface area contributed by atoms with Crippen LogP contribution < -0.4 is 0 Å². The van der Waals surface area contributed by atoms with E-state index < -0.39 is 9.84 Å². The highest BCUT2D eigenvalue weighted by Crippen LogP contribution is 2.30. The van der Waals surface area contributed by atoms with Crippen molar-refractivity contribution in [3.63, 3.8) is 0 Å². The number of carbonyl (C=O) groups is 1. The third-order valence-electron chi connectivity index (χ3n) is 4.66. The van der Waals surface area contributed by atoms with Crippen LogP contribution in [-0.2, 0) is 15.6 Å². The minimum atomic E-state index is -3.28. The zero-order valence-corrected chi connectivity index (χ0v) is 14.9. The van der Waals surface area contributed by atoms with Crippen molar-refractivity contribution < 1.29 is 17.6 Å². The number of amides is 1. The van der Waals surface area contributed by atoms with E-state index in [2.05, 4.69) is 6.92 Å². The average molecular weight is 349 g/mol. The van der Waals surface area contributed by atoms with Crippen LogP contribution in [-0.4, -0.2) is 38.1 Å². The van der Waals surface area contributed by atoms with E-state index in [1.807, 2.05) is 23.1 Å². The van der Waals surface area contributed by atoms with Gasteiger partial charge in [-0.2, -0.15) is 0 Å². The first-order valence-corrected chi connectivity index (χ1v) is 10.5. The zero-order valence-electron chi connectivity index (χ0n) is 14.1. The normalized spacial score (nSPS) is 18.9. The SMILES string of the molecule is CC[C@H]1CCCCN1C(=O)c1oc2ccccc2c1CS(C)(=O)=O. The smallest absolute Gasteiger partial charge is 0.290 e. The lowest BCUT2D eigenvalue weighted by atomic mass is 9.99. The molecule has 3 rings (SSSR count). The third-order valence-corrected chi connectivity index (χ3v) is 5.47. The highest BCUT2D eigenvalue weighted by Gasteiger charge is 2.31. The highest BCUT2D eigenvalue weighted by atomic mass is 32.2. The van der Waals surface area contributed by atoms with Crippen LogP contribution in [0, 0.1) is 0 Å². The zero-order chi connectivity index (χ0) is 17.3. The van der Waals surface area contributed by atoms with E-state index in [9.17, 15) is 13.2 Å². The Morgan fingerprint density at radius 1 is 1.29 bits per heavy atom. The van der Waals surface area contributed by atoms with Gasteiger partial charge in [0.05, 0.1) is 5.75 Å². The Morgan fingerprint density at radius 3 is 2.75 bits per heavy atom. The van der Waals surface area contributed by atoms with Gasteiger partial charge in [-0.3, -0.25) is 4.79 Å². The summed E-state index contributed by atoms with van der Waals surface area (Å²) in [6.07, 6.45) is 5.17. The number of para-hydroxylation sites is 1. The van der Waals surface area contributed by atoms with Gasteiger partial charge in [-0.1, -0.05) is 25.1 Å². The number of hydrogen-bond donors (Lipinski definition) is 0. The fourth-order valence-electron chi connectivity index (χ4n) is 3.50.